The lowest BCUT2D eigenvalue weighted by Crippen LogP contribution is -2.25. The molecule has 0 aliphatic rings. The standard InChI is InChI=1S/C24H26FN3O3/c1-16-21(12-13-23(29)31-3)17(2)28(27-16)20-10-8-19(9-11-20)24(30)26-15-14-18-6-4-5-7-22(18)25/h4-11H,12-15H2,1-3H3,(H,26,30). The van der Waals surface area contributed by atoms with Crippen molar-refractivity contribution in [3.8, 4) is 5.69 Å². The summed E-state index contributed by atoms with van der Waals surface area (Å²) in [5, 5.41) is 7.40. The third-order valence-corrected chi connectivity index (χ3v) is 5.26. The zero-order chi connectivity index (χ0) is 22.4. The van der Waals surface area contributed by atoms with E-state index >= 15 is 0 Å². The molecule has 0 saturated heterocycles. The molecule has 1 aromatic heterocycles. The smallest absolute Gasteiger partial charge is 0.305 e. The minimum atomic E-state index is -0.267. The molecule has 2 aromatic carbocycles. The maximum Gasteiger partial charge on any atom is 0.305 e. The number of amides is 1. The van der Waals surface area contributed by atoms with Gasteiger partial charge >= 0.3 is 5.97 Å². The normalized spacial score (nSPS) is 10.7. The Hall–Kier alpha value is -3.48. The van der Waals surface area contributed by atoms with E-state index in [0.717, 1.165) is 22.6 Å². The fourth-order valence-electron chi connectivity index (χ4n) is 3.49. The molecule has 7 heteroatoms. The number of nitrogens with one attached hydrogen (secondary N) is 1. The van der Waals surface area contributed by atoms with Gasteiger partial charge in [-0.2, -0.15) is 5.10 Å². The van der Waals surface area contributed by atoms with Crippen LogP contribution < -0.4 is 5.32 Å². The summed E-state index contributed by atoms with van der Waals surface area (Å²) in [7, 11) is 1.38. The van der Waals surface area contributed by atoms with E-state index in [0.29, 0.717) is 36.9 Å². The molecule has 0 aliphatic carbocycles. The van der Waals surface area contributed by atoms with E-state index in [4.69, 9.17) is 4.74 Å². The van der Waals surface area contributed by atoms with Gasteiger partial charge in [-0.3, -0.25) is 9.59 Å². The van der Waals surface area contributed by atoms with Gasteiger partial charge in [0.1, 0.15) is 5.82 Å². The van der Waals surface area contributed by atoms with Crippen LogP contribution in [0.3, 0.4) is 0 Å². The number of nitrogens with zero attached hydrogens (tertiary/aromatic N) is 2. The SMILES string of the molecule is COC(=O)CCc1c(C)nn(-c2ccc(C(=O)NCCc3ccccc3F)cc2)c1C. The monoisotopic (exact) mass is 423 g/mol. The van der Waals surface area contributed by atoms with Crippen molar-refractivity contribution in [1.29, 1.82) is 0 Å². The highest BCUT2D eigenvalue weighted by Gasteiger charge is 2.15. The highest BCUT2D eigenvalue weighted by atomic mass is 19.1. The zero-order valence-corrected chi connectivity index (χ0v) is 17.9. The van der Waals surface area contributed by atoms with Crippen LogP contribution in [0.1, 0.15) is 39.3 Å². The van der Waals surface area contributed by atoms with Crippen LogP contribution in [-0.2, 0) is 22.4 Å². The second-order valence-electron chi connectivity index (χ2n) is 7.28. The molecule has 0 aliphatic heterocycles. The molecule has 6 nitrogen and oxygen atoms in total. The number of benzene rings is 2. The molecule has 0 fully saturated rings. The summed E-state index contributed by atoms with van der Waals surface area (Å²) in [5.41, 5.74) is 4.74. The molecule has 3 aromatic rings. The third kappa shape index (κ3) is 5.36. The van der Waals surface area contributed by atoms with Gasteiger partial charge in [0, 0.05) is 24.2 Å². The van der Waals surface area contributed by atoms with Crippen molar-refractivity contribution in [1.82, 2.24) is 15.1 Å². The number of hydrogen-bond acceptors (Lipinski definition) is 4. The van der Waals surface area contributed by atoms with Gasteiger partial charge in [0.25, 0.3) is 5.91 Å². The summed E-state index contributed by atoms with van der Waals surface area (Å²) in [6, 6.07) is 13.7. The summed E-state index contributed by atoms with van der Waals surface area (Å²) in [5.74, 6) is -0.733. The van der Waals surface area contributed by atoms with Gasteiger partial charge in [-0.15, -0.1) is 0 Å². The lowest BCUT2D eigenvalue weighted by molar-refractivity contribution is -0.140. The first-order valence-electron chi connectivity index (χ1n) is 10.1. The lowest BCUT2D eigenvalue weighted by atomic mass is 10.1. The van der Waals surface area contributed by atoms with E-state index in [2.05, 4.69) is 10.4 Å². The number of carbonyl (C=O) groups excluding carboxylic acids is 2. The molecule has 1 amide bonds. The van der Waals surface area contributed by atoms with E-state index in [9.17, 15) is 14.0 Å². The Morgan fingerprint density at radius 3 is 2.45 bits per heavy atom. The molecule has 0 saturated carbocycles. The number of esters is 1. The minimum absolute atomic E-state index is 0.213. The van der Waals surface area contributed by atoms with Crippen molar-refractivity contribution < 1.29 is 18.7 Å². The van der Waals surface area contributed by atoms with Gasteiger partial charge < -0.3 is 10.1 Å². The van der Waals surface area contributed by atoms with E-state index in [1.807, 2.05) is 30.7 Å². The van der Waals surface area contributed by atoms with E-state index in [1.165, 1.54) is 13.2 Å². The van der Waals surface area contributed by atoms with E-state index in [-0.39, 0.29) is 17.7 Å². The van der Waals surface area contributed by atoms with Crippen molar-refractivity contribution in [2.75, 3.05) is 13.7 Å². The fraction of sp³-hybridized carbons (Fsp3) is 0.292. The molecule has 31 heavy (non-hydrogen) atoms. The Morgan fingerprint density at radius 1 is 1.06 bits per heavy atom. The third-order valence-electron chi connectivity index (χ3n) is 5.26. The number of aryl methyl sites for hydroxylation is 1. The van der Waals surface area contributed by atoms with E-state index < -0.39 is 0 Å². The van der Waals surface area contributed by atoms with Crippen molar-refractivity contribution in [3.63, 3.8) is 0 Å². The first-order valence-corrected chi connectivity index (χ1v) is 10.1. The molecule has 0 bridgehead atoms. The topological polar surface area (TPSA) is 73.2 Å². The van der Waals surface area contributed by atoms with Gasteiger partial charge in [-0.1, -0.05) is 18.2 Å². The summed E-state index contributed by atoms with van der Waals surface area (Å²) >= 11 is 0. The maximum atomic E-state index is 13.7. The average molecular weight is 423 g/mol. The molecule has 3 rings (SSSR count). The number of rotatable bonds is 8. The summed E-state index contributed by atoms with van der Waals surface area (Å²) in [4.78, 5) is 23.9. The number of halogens is 1. The molecule has 0 unspecified atom stereocenters. The Morgan fingerprint density at radius 2 is 1.77 bits per heavy atom. The Balaban J connectivity index is 1.64. The van der Waals surface area contributed by atoms with Crippen molar-refractivity contribution in [2.24, 2.45) is 0 Å². The molecule has 1 heterocycles. The number of hydrogen-bond donors (Lipinski definition) is 1. The summed E-state index contributed by atoms with van der Waals surface area (Å²) in [6.07, 6.45) is 1.29. The lowest BCUT2D eigenvalue weighted by Gasteiger charge is -2.08. The Bertz CT molecular complexity index is 1070. The van der Waals surface area contributed by atoms with Crippen molar-refractivity contribution in [3.05, 3.63) is 82.4 Å². The number of carbonyl (C=O) groups is 2. The van der Waals surface area contributed by atoms with Crippen LogP contribution >= 0.6 is 0 Å². The van der Waals surface area contributed by atoms with Crippen molar-refractivity contribution in [2.45, 2.75) is 33.1 Å². The number of ether oxygens (including phenoxy) is 1. The molecule has 162 valence electrons. The molecule has 0 atom stereocenters. The first-order chi connectivity index (χ1) is 14.9. The van der Waals surface area contributed by atoms with Crippen LogP contribution in [0, 0.1) is 19.7 Å². The average Bonchev–Trinajstić information content (AvgIpc) is 3.06. The van der Waals surface area contributed by atoms with Gasteiger partial charge in [-0.05, 0) is 68.1 Å². The van der Waals surface area contributed by atoms with Gasteiger partial charge in [0.15, 0.2) is 0 Å². The maximum absolute atomic E-state index is 13.7. The number of aromatic nitrogens is 2. The molecule has 0 radical (unpaired) electrons. The van der Waals surface area contributed by atoms with Gasteiger partial charge in [-0.25, -0.2) is 9.07 Å². The first kappa shape index (κ1) is 22.2. The highest BCUT2D eigenvalue weighted by Crippen LogP contribution is 2.20. The fourth-order valence-corrected chi connectivity index (χ4v) is 3.49. The Labute approximate surface area is 181 Å². The molecule has 0 spiro atoms. The molecule has 1 N–H and O–H groups in total. The summed E-state index contributed by atoms with van der Waals surface area (Å²) < 4.78 is 20.2. The highest BCUT2D eigenvalue weighted by molar-refractivity contribution is 5.94. The van der Waals surface area contributed by atoms with Crippen LogP contribution in [0.25, 0.3) is 5.69 Å². The van der Waals surface area contributed by atoms with Crippen LogP contribution in [0.15, 0.2) is 48.5 Å². The summed E-state index contributed by atoms with van der Waals surface area (Å²) in [6.45, 7) is 4.21. The largest absolute Gasteiger partial charge is 0.469 e. The predicted molar refractivity (Wildman–Crippen MR) is 116 cm³/mol. The van der Waals surface area contributed by atoms with Crippen LogP contribution in [0.4, 0.5) is 4.39 Å². The number of methoxy groups -OCH3 is 1. The molecular formula is C24H26FN3O3. The van der Waals surface area contributed by atoms with Crippen molar-refractivity contribution >= 4 is 11.9 Å². The minimum Gasteiger partial charge on any atom is -0.469 e. The van der Waals surface area contributed by atoms with E-state index in [1.54, 1.807) is 30.3 Å². The second kappa shape index (κ2) is 10.0. The quantitative estimate of drug-likeness (QED) is 0.561. The van der Waals surface area contributed by atoms with Gasteiger partial charge in [0.05, 0.1) is 18.5 Å². The van der Waals surface area contributed by atoms with Gasteiger partial charge in [0.2, 0.25) is 0 Å². The van der Waals surface area contributed by atoms with Crippen LogP contribution in [0.5, 0.6) is 0 Å². The van der Waals surface area contributed by atoms with Crippen LogP contribution in [-0.4, -0.2) is 35.3 Å². The Kier molecular flexibility index (Phi) is 7.18. The predicted octanol–water partition coefficient (Wildman–Crippen LogP) is 3.71. The zero-order valence-electron chi connectivity index (χ0n) is 17.9. The second-order valence-corrected chi connectivity index (χ2v) is 7.28. The van der Waals surface area contributed by atoms with Crippen LogP contribution in [0.2, 0.25) is 0 Å². The molecular weight excluding hydrogens is 397 g/mol.